The number of nitrogens with zero attached hydrogens (tertiary/aromatic N) is 2. The maximum absolute atomic E-state index is 9.03. The zero-order chi connectivity index (χ0) is 13.4. The Hall–Kier alpha value is -0.590. The van der Waals surface area contributed by atoms with E-state index in [-0.39, 0.29) is 6.04 Å². The van der Waals surface area contributed by atoms with Crippen molar-refractivity contribution in [3.05, 3.63) is 0 Å². The molecule has 0 bridgehead atoms. The summed E-state index contributed by atoms with van der Waals surface area (Å²) in [7, 11) is 0. The maximum atomic E-state index is 9.03. The van der Waals surface area contributed by atoms with Crippen molar-refractivity contribution in [1.29, 1.82) is 5.26 Å². The smallest absolute Gasteiger partial charge is 0.0965 e. The Kier molecular flexibility index (Phi) is 7.31. The molecule has 0 aromatic rings. The summed E-state index contributed by atoms with van der Waals surface area (Å²) in [6.07, 6.45) is 4.98. The molecule has 0 amide bonds. The molecule has 1 aliphatic heterocycles. The van der Waals surface area contributed by atoms with E-state index in [1.807, 2.05) is 0 Å². The van der Waals surface area contributed by atoms with Gasteiger partial charge in [0.2, 0.25) is 0 Å². The van der Waals surface area contributed by atoms with Gasteiger partial charge in [0.1, 0.15) is 0 Å². The highest BCUT2D eigenvalue weighted by molar-refractivity contribution is 4.90. The summed E-state index contributed by atoms with van der Waals surface area (Å²) in [5.74, 6) is 1.72. The van der Waals surface area contributed by atoms with Gasteiger partial charge in [0.15, 0.2) is 0 Å². The first-order valence-electron chi connectivity index (χ1n) is 7.52. The summed E-state index contributed by atoms with van der Waals surface area (Å²) >= 11 is 0. The molecule has 1 aliphatic rings. The van der Waals surface area contributed by atoms with Crippen LogP contribution in [0.3, 0.4) is 0 Å². The molecular weight excluding hydrogens is 222 g/mol. The van der Waals surface area contributed by atoms with E-state index in [4.69, 9.17) is 5.26 Å². The fourth-order valence-corrected chi connectivity index (χ4v) is 2.84. The van der Waals surface area contributed by atoms with Crippen molar-refractivity contribution >= 4 is 0 Å². The summed E-state index contributed by atoms with van der Waals surface area (Å²) in [6, 6.07) is 2.37. The van der Waals surface area contributed by atoms with Gasteiger partial charge < -0.3 is 10.2 Å². The van der Waals surface area contributed by atoms with E-state index in [9.17, 15) is 0 Å². The molecule has 0 aromatic carbocycles. The summed E-state index contributed by atoms with van der Waals surface area (Å²) in [5, 5.41) is 12.3. The van der Waals surface area contributed by atoms with Crippen LogP contribution in [0.2, 0.25) is 0 Å². The third-order valence-corrected chi connectivity index (χ3v) is 4.15. The van der Waals surface area contributed by atoms with Crippen molar-refractivity contribution in [2.45, 2.75) is 52.5 Å². The van der Waals surface area contributed by atoms with E-state index in [0.717, 1.165) is 31.3 Å². The Morgan fingerprint density at radius 3 is 2.72 bits per heavy atom. The van der Waals surface area contributed by atoms with E-state index in [0.29, 0.717) is 0 Å². The van der Waals surface area contributed by atoms with Crippen LogP contribution in [0.5, 0.6) is 0 Å². The van der Waals surface area contributed by atoms with Crippen LogP contribution < -0.4 is 5.32 Å². The first kappa shape index (κ1) is 15.5. The predicted molar refractivity (Wildman–Crippen MR) is 76.3 cm³/mol. The Bertz CT molecular complexity index is 257. The molecular formula is C15H29N3. The van der Waals surface area contributed by atoms with E-state index in [1.165, 1.54) is 32.4 Å². The minimum Gasteiger partial charge on any atom is -0.303 e. The Morgan fingerprint density at radius 1 is 1.33 bits per heavy atom. The molecule has 3 nitrogen and oxygen atoms in total. The largest absolute Gasteiger partial charge is 0.303 e. The number of likely N-dealkylation sites (tertiary alicyclic amines) is 1. The van der Waals surface area contributed by atoms with Gasteiger partial charge >= 0.3 is 0 Å². The van der Waals surface area contributed by atoms with Gasteiger partial charge in [0.05, 0.1) is 12.1 Å². The molecule has 1 saturated heterocycles. The van der Waals surface area contributed by atoms with Crippen LogP contribution in [0.15, 0.2) is 0 Å². The highest BCUT2D eigenvalue weighted by Crippen LogP contribution is 2.24. The first-order valence-corrected chi connectivity index (χ1v) is 7.52. The van der Waals surface area contributed by atoms with Crippen molar-refractivity contribution in [2.24, 2.45) is 11.8 Å². The lowest BCUT2D eigenvalue weighted by Gasteiger charge is -2.22. The minimum atomic E-state index is 0.0270. The van der Waals surface area contributed by atoms with Crippen LogP contribution in [0, 0.1) is 23.2 Å². The second-order valence-electron chi connectivity index (χ2n) is 5.80. The molecule has 18 heavy (non-hydrogen) atoms. The topological polar surface area (TPSA) is 39.1 Å². The first-order chi connectivity index (χ1) is 8.67. The lowest BCUT2D eigenvalue weighted by molar-refractivity contribution is 0.263. The van der Waals surface area contributed by atoms with E-state index in [1.54, 1.807) is 0 Å². The van der Waals surface area contributed by atoms with Crippen molar-refractivity contribution in [3.63, 3.8) is 0 Å². The molecule has 104 valence electrons. The zero-order valence-corrected chi connectivity index (χ0v) is 12.3. The lowest BCUT2D eigenvalue weighted by atomic mass is 9.89. The minimum absolute atomic E-state index is 0.0270. The Morgan fingerprint density at radius 2 is 2.11 bits per heavy atom. The van der Waals surface area contributed by atoms with Gasteiger partial charge in [-0.25, -0.2) is 0 Å². The number of hydrogen-bond donors (Lipinski definition) is 1. The second-order valence-corrected chi connectivity index (χ2v) is 5.80. The van der Waals surface area contributed by atoms with Gasteiger partial charge in [-0.2, -0.15) is 5.26 Å². The van der Waals surface area contributed by atoms with Crippen LogP contribution in [-0.2, 0) is 0 Å². The van der Waals surface area contributed by atoms with Crippen molar-refractivity contribution in [3.8, 4) is 6.07 Å². The van der Waals surface area contributed by atoms with Crippen LogP contribution in [0.4, 0.5) is 0 Å². The van der Waals surface area contributed by atoms with Gasteiger partial charge in [-0.1, -0.05) is 20.8 Å². The Labute approximate surface area is 113 Å². The third-order valence-electron chi connectivity index (χ3n) is 4.15. The molecule has 1 fully saturated rings. The SMILES string of the molecule is CCNC(C#N)CCN1CCCC(C(C)C)CC1. The predicted octanol–water partition coefficient (Wildman–Crippen LogP) is 2.64. The zero-order valence-electron chi connectivity index (χ0n) is 12.3. The molecule has 0 spiro atoms. The molecule has 2 atom stereocenters. The molecule has 0 radical (unpaired) electrons. The molecule has 1 rings (SSSR count). The maximum Gasteiger partial charge on any atom is 0.0965 e. The number of nitriles is 1. The fraction of sp³-hybridized carbons (Fsp3) is 0.933. The van der Waals surface area contributed by atoms with Crippen molar-refractivity contribution in [1.82, 2.24) is 10.2 Å². The highest BCUT2D eigenvalue weighted by Gasteiger charge is 2.19. The average molecular weight is 251 g/mol. The van der Waals surface area contributed by atoms with E-state index < -0.39 is 0 Å². The van der Waals surface area contributed by atoms with Crippen molar-refractivity contribution < 1.29 is 0 Å². The van der Waals surface area contributed by atoms with E-state index >= 15 is 0 Å². The van der Waals surface area contributed by atoms with Crippen molar-refractivity contribution in [2.75, 3.05) is 26.2 Å². The average Bonchev–Trinajstić information content (AvgIpc) is 2.60. The highest BCUT2D eigenvalue weighted by atomic mass is 15.1. The van der Waals surface area contributed by atoms with Gasteiger partial charge in [-0.05, 0) is 57.2 Å². The third kappa shape index (κ3) is 5.37. The molecule has 1 heterocycles. The fourth-order valence-electron chi connectivity index (χ4n) is 2.84. The number of nitrogens with one attached hydrogen (secondary N) is 1. The second kappa shape index (κ2) is 8.50. The molecule has 2 unspecified atom stereocenters. The van der Waals surface area contributed by atoms with Crippen LogP contribution in [-0.4, -0.2) is 37.1 Å². The molecule has 0 saturated carbocycles. The summed E-state index contributed by atoms with van der Waals surface area (Å²) in [5.41, 5.74) is 0. The summed E-state index contributed by atoms with van der Waals surface area (Å²) in [4.78, 5) is 2.55. The quantitative estimate of drug-likeness (QED) is 0.789. The van der Waals surface area contributed by atoms with Crippen LogP contribution >= 0.6 is 0 Å². The summed E-state index contributed by atoms with van der Waals surface area (Å²) < 4.78 is 0. The Balaban J connectivity index is 2.29. The van der Waals surface area contributed by atoms with Gasteiger partial charge in [-0.15, -0.1) is 0 Å². The van der Waals surface area contributed by atoms with Crippen LogP contribution in [0.25, 0.3) is 0 Å². The number of rotatable bonds is 6. The normalized spacial score (nSPS) is 23.6. The molecule has 3 heteroatoms. The van der Waals surface area contributed by atoms with E-state index in [2.05, 4.69) is 37.1 Å². The van der Waals surface area contributed by atoms with Crippen LogP contribution in [0.1, 0.15) is 46.5 Å². The number of hydrogen-bond acceptors (Lipinski definition) is 3. The summed E-state index contributed by atoms with van der Waals surface area (Å²) in [6.45, 7) is 11.1. The van der Waals surface area contributed by atoms with Gasteiger partial charge in [0.25, 0.3) is 0 Å². The molecule has 1 N–H and O–H groups in total. The lowest BCUT2D eigenvalue weighted by Crippen LogP contribution is -2.34. The molecule has 0 aromatic heterocycles. The monoisotopic (exact) mass is 251 g/mol. The molecule has 0 aliphatic carbocycles. The van der Waals surface area contributed by atoms with Gasteiger partial charge in [-0.3, -0.25) is 0 Å². The standard InChI is InChI=1S/C15H29N3/c1-4-17-15(12-16)8-11-18-9-5-6-14(7-10-18)13(2)3/h13-15,17H,4-11H2,1-3H3. The van der Waals surface area contributed by atoms with Gasteiger partial charge in [0, 0.05) is 6.54 Å².